The molecular weight excluding hydrogens is 520 g/mol. The lowest BCUT2D eigenvalue weighted by Crippen LogP contribution is -2.62. The summed E-state index contributed by atoms with van der Waals surface area (Å²) in [6, 6.07) is 8.68. The molecule has 1 aromatic carbocycles. The van der Waals surface area contributed by atoms with E-state index in [4.69, 9.17) is 4.74 Å². The average Bonchev–Trinajstić information content (AvgIpc) is 3.19. The Morgan fingerprint density at radius 1 is 1.02 bits per heavy atom. The lowest BCUT2D eigenvalue weighted by atomic mass is 9.46. The second kappa shape index (κ2) is 10.3. The van der Waals surface area contributed by atoms with Crippen LogP contribution in [0.2, 0.25) is 0 Å². The van der Waals surface area contributed by atoms with E-state index >= 15 is 0 Å². The number of carbonyl (C=O) groups excluding carboxylic acids is 2. The predicted molar refractivity (Wildman–Crippen MR) is 155 cm³/mol. The highest BCUT2D eigenvalue weighted by atomic mass is 16.6. The van der Waals surface area contributed by atoms with Crippen LogP contribution in [0.3, 0.4) is 0 Å². The maximum absolute atomic E-state index is 13.5. The molecule has 4 aliphatic carbocycles. The van der Waals surface area contributed by atoms with Gasteiger partial charge in [0.1, 0.15) is 11.7 Å². The number of aliphatic hydroxyl groups is 4. The average molecular weight is 569 g/mol. The molecule has 0 saturated heterocycles. The van der Waals surface area contributed by atoms with Crippen molar-refractivity contribution in [1.82, 2.24) is 0 Å². The molecule has 4 aliphatic rings. The Labute approximate surface area is 244 Å². The lowest BCUT2D eigenvalue weighted by molar-refractivity contribution is -0.174. The molecule has 0 radical (unpaired) electrons. The number of rotatable bonds is 7. The van der Waals surface area contributed by atoms with Crippen LogP contribution in [0.25, 0.3) is 0 Å². The van der Waals surface area contributed by atoms with Crippen molar-refractivity contribution in [1.29, 1.82) is 0 Å². The minimum Gasteiger partial charge on any atom is -0.456 e. The molecule has 0 heterocycles. The molecule has 4 N–H and O–H groups in total. The molecule has 5 rings (SSSR count). The van der Waals surface area contributed by atoms with Crippen LogP contribution >= 0.6 is 0 Å². The lowest BCUT2D eigenvalue weighted by Gasteiger charge is -2.60. The third kappa shape index (κ3) is 5.01. The van der Waals surface area contributed by atoms with Gasteiger partial charge < -0.3 is 25.2 Å². The van der Waals surface area contributed by atoms with Gasteiger partial charge in [-0.1, -0.05) is 32.0 Å². The molecule has 7 heteroatoms. The van der Waals surface area contributed by atoms with Crippen molar-refractivity contribution in [3.05, 3.63) is 47.5 Å². The standard InChI is InChI=1S/C34H48O7/c1-30(2,38)15-14-28(41-29(37)21-9-7-6-8-10-21)33(5,39)27-13-18-34(40)24-20-26(36)25-19-22(35)11-16-31(25,3)23(24)12-17-32(27,34)4/h6-10,20,22-23,25,27-28,35,38-40H,11-19H2,1-5H3. The number of aliphatic hydroxyl groups excluding tert-OH is 1. The first-order valence-corrected chi connectivity index (χ1v) is 15.4. The topological polar surface area (TPSA) is 124 Å². The normalized spacial score (nSPS) is 39.0. The molecule has 0 amide bonds. The minimum absolute atomic E-state index is 0.00905. The number of allylic oxidation sites excluding steroid dienone is 1. The van der Waals surface area contributed by atoms with E-state index < -0.39 is 46.3 Å². The van der Waals surface area contributed by atoms with Gasteiger partial charge in [-0.2, -0.15) is 0 Å². The van der Waals surface area contributed by atoms with Crippen LogP contribution < -0.4 is 0 Å². The third-order valence-electron chi connectivity index (χ3n) is 11.7. The van der Waals surface area contributed by atoms with E-state index in [1.165, 1.54) is 0 Å². The highest BCUT2D eigenvalue weighted by Gasteiger charge is 2.69. The minimum atomic E-state index is -1.50. The van der Waals surface area contributed by atoms with Gasteiger partial charge in [0.15, 0.2) is 5.78 Å². The number of hydrogen-bond acceptors (Lipinski definition) is 7. The van der Waals surface area contributed by atoms with E-state index in [1.807, 2.05) is 13.0 Å². The second-order valence-corrected chi connectivity index (χ2v) is 14.8. The zero-order chi connectivity index (χ0) is 30.0. The zero-order valence-corrected chi connectivity index (χ0v) is 25.2. The fraction of sp³-hybridized carbons (Fsp3) is 0.706. The Morgan fingerprint density at radius 3 is 2.37 bits per heavy atom. The largest absolute Gasteiger partial charge is 0.456 e. The molecule has 7 nitrogen and oxygen atoms in total. The Balaban J connectivity index is 1.47. The van der Waals surface area contributed by atoms with Crippen LogP contribution in [0.4, 0.5) is 0 Å². The summed E-state index contributed by atoms with van der Waals surface area (Å²) in [5, 5.41) is 45.7. The maximum Gasteiger partial charge on any atom is 0.338 e. The molecule has 3 fully saturated rings. The molecule has 0 aliphatic heterocycles. The molecule has 226 valence electrons. The van der Waals surface area contributed by atoms with Crippen LogP contribution in [0.1, 0.15) is 103 Å². The Morgan fingerprint density at radius 2 is 1.71 bits per heavy atom. The van der Waals surface area contributed by atoms with Gasteiger partial charge in [0.05, 0.1) is 22.9 Å². The van der Waals surface area contributed by atoms with Gasteiger partial charge in [-0.15, -0.1) is 0 Å². The number of esters is 1. The summed E-state index contributed by atoms with van der Waals surface area (Å²) in [5.74, 6) is -1.15. The number of benzene rings is 1. The zero-order valence-electron chi connectivity index (χ0n) is 25.2. The first kappa shape index (κ1) is 30.4. The van der Waals surface area contributed by atoms with Gasteiger partial charge >= 0.3 is 5.97 Å². The summed E-state index contributed by atoms with van der Waals surface area (Å²) in [6.07, 6.45) is 5.12. The van der Waals surface area contributed by atoms with E-state index in [1.54, 1.807) is 51.1 Å². The molecule has 0 bridgehead atoms. The van der Waals surface area contributed by atoms with Crippen LogP contribution in [0, 0.1) is 28.6 Å². The summed E-state index contributed by atoms with van der Waals surface area (Å²) in [5.41, 5.74) is -3.66. The molecule has 9 atom stereocenters. The summed E-state index contributed by atoms with van der Waals surface area (Å²) >= 11 is 0. The van der Waals surface area contributed by atoms with Gasteiger partial charge in [0.25, 0.3) is 0 Å². The fourth-order valence-electron chi connectivity index (χ4n) is 9.20. The van der Waals surface area contributed by atoms with Crippen molar-refractivity contribution in [2.45, 2.75) is 121 Å². The van der Waals surface area contributed by atoms with Crippen LogP contribution in [-0.2, 0) is 9.53 Å². The van der Waals surface area contributed by atoms with Crippen LogP contribution in [-0.4, -0.2) is 61.2 Å². The van der Waals surface area contributed by atoms with Crippen molar-refractivity contribution in [2.24, 2.45) is 28.6 Å². The van der Waals surface area contributed by atoms with Crippen LogP contribution in [0.5, 0.6) is 0 Å². The van der Waals surface area contributed by atoms with Gasteiger partial charge in [0.2, 0.25) is 0 Å². The molecule has 9 unspecified atom stereocenters. The summed E-state index contributed by atoms with van der Waals surface area (Å²) in [4.78, 5) is 26.6. The van der Waals surface area contributed by atoms with Crippen molar-refractivity contribution < 1.29 is 34.8 Å². The van der Waals surface area contributed by atoms with Gasteiger partial charge in [-0.25, -0.2) is 4.79 Å². The quantitative estimate of drug-likeness (QED) is 0.350. The van der Waals surface area contributed by atoms with Crippen molar-refractivity contribution in [3.63, 3.8) is 0 Å². The molecule has 1 aromatic rings. The Bertz CT molecular complexity index is 1200. The monoisotopic (exact) mass is 568 g/mol. The number of hydrogen-bond donors (Lipinski definition) is 4. The van der Waals surface area contributed by atoms with Crippen LogP contribution in [0.15, 0.2) is 42.0 Å². The number of ketones is 1. The Hall–Kier alpha value is -2.06. The van der Waals surface area contributed by atoms with Crippen molar-refractivity contribution >= 4 is 11.8 Å². The second-order valence-electron chi connectivity index (χ2n) is 14.8. The highest BCUT2D eigenvalue weighted by Crippen LogP contribution is 2.68. The smallest absolute Gasteiger partial charge is 0.338 e. The third-order valence-corrected chi connectivity index (χ3v) is 11.7. The number of fused-ring (bicyclic) bond motifs is 5. The van der Waals surface area contributed by atoms with Crippen molar-refractivity contribution in [2.75, 3.05) is 0 Å². The molecule has 0 aromatic heterocycles. The van der Waals surface area contributed by atoms with Gasteiger partial charge in [0, 0.05) is 11.3 Å². The summed E-state index contributed by atoms with van der Waals surface area (Å²) < 4.78 is 6.01. The van der Waals surface area contributed by atoms with Gasteiger partial charge in [-0.3, -0.25) is 4.79 Å². The van der Waals surface area contributed by atoms with E-state index in [0.717, 1.165) is 18.4 Å². The van der Waals surface area contributed by atoms with E-state index in [9.17, 15) is 30.0 Å². The number of carbonyl (C=O) groups is 2. The van der Waals surface area contributed by atoms with E-state index in [2.05, 4.69) is 6.92 Å². The van der Waals surface area contributed by atoms with Gasteiger partial charge in [-0.05, 0) is 120 Å². The first-order valence-electron chi connectivity index (χ1n) is 15.4. The highest BCUT2D eigenvalue weighted by molar-refractivity contribution is 5.95. The predicted octanol–water partition coefficient (Wildman–Crippen LogP) is 4.75. The fourth-order valence-corrected chi connectivity index (χ4v) is 9.20. The molecule has 0 spiro atoms. The molecule has 3 saturated carbocycles. The molecule has 41 heavy (non-hydrogen) atoms. The first-order chi connectivity index (χ1) is 19.0. The Kier molecular flexibility index (Phi) is 7.63. The maximum atomic E-state index is 13.5. The van der Waals surface area contributed by atoms with E-state index in [-0.39, 0.29) is 29.5 Å². The van der Waals surface area contributed by atoms with Crippen molar-refractivity contribution in [3.8, 4) is 0 Å². The molecular formula is C34H48O7. The summed E-state index contributed by atoms with van der Waals surface area (Å²) in [6.45, 7) is 9.27. The summed E-state index contributed by atoms with van der Waals surface area (Å²) in [7, 11) is 0. The van der Waals surface area contributed by atoms with E-state index in [0.29, 0.717) is 44.1 Å². The number of ether oxygens (including phenoxy) is 1. The SMILES string of the molecule is CC(C)(O)CCC(OC(=O)c1ccccc1)C(C)(O)C1CCC2(O)C3=CC(=O)C4CC(O)CCC4(C)C3CCC12C.